The van der Waals surface area contributed by atoms with Crippen molar-refractivity contribution in [3.8, 4) is 22.4 Å². The number of amides is 3. The molecule has 2 aliphatic heterocycles. The van der Waals surface area contributed by atoms with Crippen molar-refractivity contribution in [1.82, 2.24) is 35.1 Å². The van der Waals surface area contributed by atoms with Crippen LogP contribution >= 0.6 is 0 Å². The lowest BCUT2D eigenvalue weighted by Crippen LogP contribution is -2.54. The first-order valence-electron chi connectivity index (χ1n) is 19.1. The van der Waals surface area contributed by atoms with Crippen LogP contribution in [0.25, 0.3) is 44.2 Å². The van der Waals surface area contributed by atoms with Crippen LogP contribution in [0.1, 0.15) is 63.3 Å². The monoisotopic (exact) mass is 780 g/mol. The van der Waals surface area contributed by atoms with E-state index in [4.69, 9.17) is 24.3 Å². The second-order valence-electron chi connectivity index (χ2n) is 14.4. The first-order chi connectivity index (χ1) is 27.6. The number of aliphatic imine (C=N–C) groups is 1. The first kappa shape index (κ1) is 39.4. The summed E-state index contributed by atoms with van der Waals surface area (Å²) in [7, 11) is 4.09. The Bertz CT molecular complexity index is 2270. The number of fused-ring (bicyclic) bond motifs is 2. The van der Waals surface area contributed by atoms with E-state index in [2.05, 4.69) is 61.6 Å². The Kier molecular flexibility index (Phi) is 11.8. The number of H-pyrrole nitrogens is 2. The summed E-state index contributed by atoms with van der Waals surface area (Å²) in [4.78, 5) is 72.5. The van der Waals surface area contributed by atoms with E-state index in [1.54, 1.807) is 16.7 Å². The Labute approximate surface area is 329 Å². The zero-order valence-electron chi connectivity index (χ0n) is 32.6. The number of alkyl carbamates (subject to hydrolysis) is 1. The summed E-state index contributed by atoms with van der Waals surface area (Å²) in [5, 5.41) is 15.0. The lowest BCUT2D eigenvalue weighted by atomic mass is 9.99. The number of hydrogen-bond acceptors (Lipinski definition) is 11. The maximum atomic E-state index is 13.7. The molecule has 16 nitrogen and oxygen atoms in total. The highest BCUT2D eigenvalue weighted by molar-refractivity contribution is 5.92. The number of aliphatic hydroxyl groups is 1. The van der Waals surface area contributed by atoms with Gasteiger partial charge in [0.05, 0.1) is 55.2 Å². The van der Waals surface area contributed by atoms with Gasteiger partial charge in [0.1, 0.15) is 17.7 Å². The second-order valence-corrected chi connectivity index (χ2v) is 14.4. The summed E-state index contributed by atoms with van der Waals surface area (Å²) in [5.74, 6) is 0.818. The zero-order valence-corrected chi connectivity index (χ0v) is 32.6. The van der Waals surface area contributed by atoms with E-state index in [1.165, 1.54) is 28.3 Å². The van der Waals surface area contributed by atoms with Crippen LogP contribution in [0, 0.1) is 0 Å². The Morgan fingerprint density at radius 3 is 2.21 bits per heavy atom. The third-order valence-electron chi connectivity index (χ3n) is 10.9. The van der Waals surface area contributed by atoms with Gasteiger partial charge in [-0.15, -0.1) is 0 Å². The Hall–Kier alpha value is -5.84. The number of carbonyl (C=O) groups excluding carboxylic acids is 3. The van der Waals surface area contributed by atoms with Crippen molar-refractivity contribution >= 4 is 46.1 Å². The van der Waals surface area contributed by atoms with Gasteiger partial charge in [-0.05, 0) is 85.7 Å². The molecule has 0 bridgehead atoms. The van der Waals surface area contributed by atoms with Gasteiger partial charge in [0.2, 0.25) is 12.3 Å². The number of rotatable bonds is 13. The van der Waals surface area contributed by atoms with E-state index in [0.29, 0.717) is 24.7 Å². The number of ether oxygens (including phenoxy) is 2. The van der Waals surface area contributed by atoms with Crippen molar-refractivity contribution < 1.29 is 38.7 Å². The van der Waals surface area contributed by atoms with Gasteiger partial charge in [-0.25, -0.2) is 19.8 Å². The molecule has 4 heterocycles. The number of carbonyl (C=O) groups is 3. The van der Waals surface area contributed by atoms with E-state index in [9.17, 15) is 19.5 Å². The van der Waals surface area contributed by atoms with Crippen LogP contribution in [-0.2, 0) is 28.8 Å². The van der Waals surface area contributed by atoms with Gasteiger partial charge in [0.15, 0.2) is 6.04 Å². The third-order valence-corrected chi connectivity index (χ3v) is 10.9. The summed E-state index contributed by atoms with van der Waals surface area (Å²) < 4.78 is 10.2. The van der Waals surface area contributed by atoms with Gasteiger partial charge >= 0.3 is 6.09 Å². The molecule has 0 unspecified atom stereocenters. The minimum absolute atomic E-state index is 0.251. The number of methoxy groups -OCH3 is 2. The Balaban J connectivity index is 1.07. The average molecular weight is 781 g/mol. The molecule has 6 atom stereocenters. The molecule has 57 heavy (non-hydrogen) atoms. The molecule has 0 spiro atoms. The van der Waals surface area contributed by atoms with E-state index >= 15 is 0 Å². The number of aliphatic hydroxyl groups excluding tert-OH is 1. The van der Waals surface area contributed by atoms with Crippen LogP contribution in [0.15, 0.2) is 65.8 Å². The molecule has 0 radical (unpaired) electrons. The lowest BCUT2D eigenvalue weighted by Gasteiger charge is -2.30. The fourth-order valence-corrected chi connectivity index (χ4v) is 7.81. The maximum Gasteiger partial charge on any atom is 0.407 e. The fraction of sp³-hybridized carbons (Fsp3) is 0.415. The van der Waals surface area contributed by atoms with Crippen LogP contribution in [0.2, 0.25) is 0 Å². The minimum atomic E-state index is -1.03. The summed E-state index contributed by atoms with van der Waals surface area (Å²) in [5.41, 5.74) is 5.39. The van der Waals surface area contributed by atoms with Gasteiger partial charge in [0.25, 0.3) is 5.91 Å². The van der Waals surface area contributed by atoms with Crippen LogP contribution in [0.3, 0.4) is 0 Å². The summed E-state index contributed by atoms with van der Waals surface area (Å²) in [6.07, 6.45) is 3.69. The van der Waals surface area contributed by atoms with Gasteiger partial charge < -0.3 is 44.6 Å². The van der Waals surface area contributed by atoms with Gasteiger partial charge in [0, 0.05) is 32.0 Å². The highest BCUT2D eigenvalue weighted by Crippen LogP contribution is 2.36. The number of aromatic nitrogens is 4. The Morgan fingerprint density at radius 2 is 1.53 bits per heavy atom. The molecule has 2 saturated heterocycles. The first-order valence-corrected chi connectivity index (χ1v) is 19.1. The highest BCUT2D eigenvalue weighted by Gasteiger charge is 2.39. The molecule has 2 aliphatic rings. The molecular formula is C41H48N8O8. The molecule has 0 saturated carbocycles. The minimum Gasteiger partial charge on any atom is -0.453 e. The predicted molar refractivity (Wildman–Crippen MR) is 212 cm³/mol. The van der Waals surface area contributed by atoms with E-state index in [-0.39, 0.29) is 23.9 Å². The molecule has 2 fully saturated rings. The van der Waals surface area contributed by atoms with Crippen LogP contribution in [0.4, 0.5) is 4.79 Å². The number of hydrogen-bond donors (Lipinski definition) is 4. The molecule has 3 aromatic carbocycles. The number of aromatic amines is 2. The molecule has 2 aromatic heterocycles. The predicted octanol–water partition coefficient (Wildman–Crippen LogP) is 5.22. The van der Waals surface area contributed by atoms with Crippen molar-refractivity contribution in [2.45, 2.75) is 75.9 Å². The number of benzene rings is 3. The zero-order chi connectivity index (χ0) is 40.2. The van der Waals surface area contributed by atoms with Crippen molar-refractivity contribution in [2.24, 2.45) is 4.99 Å². The van der Waals surface area contributed by atoms with Crippen LogP contribution in [0.5, 0.6) is 0 Å². The quantitative estimate of drug-likeness (QED) is 0.0533. The molecule has 0 aliphatic carbocycles. The molecule has 4 N–H and O–H groups in total. The fourth-order valence-electron chi connectivity index (χ4n) is 7.81. The van der Waals surface area contributed by atoms with Gasteiger partial charge in [-0.1, -0.05) is 30.3 Å². The highest BCUT2D eigenvalue weighted by atomic mass is 17.2. The third kappa shape index (κ3) is 8.19. The summed E-state index contributed by atoms with van der Waals surface area (Å²) >= 11 is 0. The van der Waals surface area contributed by atoms with Crippen molar-refractivity contribution in [3.63, 3.8) is 0 Å². The topological polar surface area (TPSA) is 197 Å². The second kappa shape index (κ2) is 17.1. The summed E-state index contributed by atoms with van der Waals surface area (Å²) in [6, 6.07) is 16.2. The van der Waals surface area contributed by atoms with Crippen molar-refractivity contribution in [3.05, 3.63) is 72.4 Å². The maximum absolute atomic E-state index is 13.7. The average Bonchev–Trinajstić information content (AvgIpc) is 4.06. The standard InChI is InChI=1S/C41H48N8O8/c1-23(50)35(43-22-57-56-5)39(51)49-17-7-9-34(49)38-44-30-15-14-28(20-31(30)45-38)26-10-11-27-19-29(13-12-25(27)18-26)32-21-42-37(46-32)33-8-6-16-48(33)40(52)36(24(2)54-3)47-41(53)55-4/h10-15,18-24,33-36,50H,6-9,16-17H2,1-5H3,(H,42,46)(H,44,45)(H,47,53)/b43-22-/t23-,24-,33+,34+,35+,36+/m1/s1. The van der Waals surface area contributed by atoms with Gasteiger partial charge in [-0.2, -0.15) is 4.89 Å². The molecule has 3 amide bonds. The van der Waals surface area contributed by atoms with Crippen molar-refractivity contribution in [1.29, 1.82) is 0 Å². The van der Waals surface area contributed by atoms with E-state index in [0.717, 1.165) is 76.3 Å². The van der Waals surface area contributed by atoms with Crippen LogP contribution in [-0.4, -0.2) is 118 Å². The lowest BCUT2D eigenvalue weighted by molar-refractivity contribution is -0.188. The molecular weight excluding hydrogens is 732 g/mol. The van der Waals surface area contributed by atoms with Gasteiger partial charge in [-0.3, -0.25) is 9.59 Å². The largest absolute Gasteiger partial charge is 0.453 e. The Morgan fingerprint density at radius 1 is 0.877 bits per heavy atom. The molecule has 16 heteroatoms. The summed E-state index contributed by atoms with van der Waals surface area (Å²) in [6.45, 7) is 4.32. The van der Waals surface area contributed by atoms with Crippen LogP contribution < -0.4 is 5.32 Å². The molecule has 7 rings (SSSR count). The number of nitrogens with one attached hydrogen (secondary N) is 3. The van der Waals surface area contributed by atoms with E-state index in [1.807, 2.05) is 24.4 Å². The SMILES string of the molecule is COO/C=N\[C@H](C(=O)N1CCC[C@H]1c1nc2cc(-c3ccc4cc(-c5c[nH]c([C@@H]6CCCN6C(=O)[C@@H](NC(=O)OC)[C@@H](C)OC)n5)ccc4c3)ccc2[nH]1)[C@@H](C)O. The number of likely N-dealkylation sites (tertiary alicyclic amines) is 2. The number of imidazole rings is 2. The number of nitrogens with zero attached hydrogens (tertiary/aromatic N) is 5. The molecule has 5 aromatic rings. The smallest absolute Gasteiger partial charge is 0.407 e. The molecule has 300 valence electrons. The van der Waals surface area contributed by atoms with E-state index < -0.39 is 30.4 Å². The van der Waals surface area contributed by atoms with Crippen molar-refractivity contribution in [2.75, 3.05) is 34.4 Å². The normalized spacial score (nSPS) is 19.3.